The first kappa shape index (κ1) is 27.6. The predicted molar refractivity (Wildman–Crippen MR) is 49.1 cm³/mol. The Balaban J connectivity index is -0.000000107. The van der Waals surface area contributed by atoms with Crippen LogP contribution in [-0.4, -0.2) is 51.5 Å². The number of carbonyl (C=O) groups excluding carboxylic acids is 2. The van der Waals surface area contributed by atoms with Crippen molar-refractivity contribution in [3.05, 3.63) is 0 Å². The van der Waals surface area contributed by atoms with E-state index in [4.69, 9.17) is 25.3 Å². The van der Waals surface area contributed by atoms with E-state index in [0.717, 1.165) is 0 Å². The average Bonchev–Trinajstić information content (AvgIpc) is 2.27. The minimum absolute atomic E-state index is 0. The second-order valence-corrected chi connectivity index (χ2v) is 2.37. The maximum Gasteiger partial charge on any atom is 1.00 e. The van der Waals surface area contributed by atoms with Crippen molar-refractivity contribution in [1.29, 1.82) is 0 Å². The normalized spacial score (nSPS) is 7.48. The summed E-state index contributed by atoms with van der Waals surface area (Å²) in [4.78, 5) is 43.4. The van der Waals surface area contributed by atoms with Gasteiger partial charge in [-0.15, -0.1) is 0 Å². The summed E-state index contributed by atoms with van der Waals surface area (Å²) in [5, 5.41) is 38.2. The number of rotatable bonds is 4. The summed E-state index contributed by atoms with van der Waals surface area (Å²) in [6, 6.07) is 0. The summed E-state index contributed by atoms with van der Waals surface area (Å²) in [7, 11) is -2.42. The second kappa shape index (κ2) is 18.3. The zero-order valence-corrected chi connectivity index (χ0v) is 10.4. The van der Waals surface area contributed by atoms with E-state index in [1.807, 2.05) is 0 Å². The molecule has 4 N–H and O–H groups in total. The molecule has 0 fully saturated rings. The van der Waals surface area contributed by atoms with Gasteiger partial charge in [-0.05, 0) is 0 Å². The first-order valence-electron chi connectivity index (χ1n) is 4.15. The molecule has 15 heteroatoms. The van der Waals surface area contributed by atoms with Gasteiger partial charge in [0, 0.05) is 9.05 Å². The molecular weight excluding hydrogens is 304 g/mol. The van der Waals surface area contributed by atoms with Crippen LogP contribution in [0.4, 0.5) is 9.05 Å². The zero-order chi connectivity index (χ0) is 16.7. The molecule has 21 heavy (non-hydrogen) atoms. The maximum absolute atomic E-state index is 10.6. The monoisotopic (exact) mass is 312 g/mol. The van der Waals surface area contributed by atoms with Crippen LogP contribution in [0.5, 0.6) is 0 Å². The maximum atomic E-state index is 10.6. The minimum atomic E-state index is -2.42. The fraction of sp³-hybridized carbons (Fsp3) is 0.333. The van der Waals surface area contributed by atoms with Crippen LogP contribution in [0.3, 0.4) is 0 Å². The predicted octanol–water partition coefficient (Wildman–Crippen LogP) is -5.90. The fourth-order valence-corrected chi connectivity index (χ4v) is 0.302. The Labute approximate surface area is 127 Å². The van der Waals surface area contributed by atoms with E-state index in [9.17, 15) is 28.2 Å². The molecule has 0 aromatic rings. The van der Waals surface area contributed by atoms with Gasteiger partial charge in [0.15, 0.2) is 0 Å². The third-order valence-corrected chi connectivity index (χ3v) is 0.763. The molecule has 116 valence electrons. The molecule has 0 heterocycles. The van der Waals surface area contributed by atoms with E-state index in [0.29, 0.717) is 0 Å². The topological polar surface area (TPSA) is 191 Å². The molecular formula is C6H8BF2LiO11. The van der Waals surface area contributed by atoms with E-state index in [1.54, 1.807) is 0 Å². The Kier molecular flexibility index (Phi) is 24.0. The van der Waals surface area contributed by atoms with Gasteiger partial charge in [0.25, 0.3) is 0 Å². The van der Waals surface area contributed by atoms with Crippen LogP contribution in [0, 0.1) is 0 Å². The molecule has 0 saturated heterocycles. The molecule has 0 aliphatic heterocycles. The Morgan fingerprint density at radius 3 is 1.14 bits per heavy atom. The molecule has 0 aromatic carbocycles. The first-order chi connectivity index (χ1) is 9.06. The van der Waals surface area contributed by atoms with Gasteiger partial charge in [-0.25, -0.2) is 9.59 Å². The molecule has 0 aliphatic carbocycles. The average molecular weight is 312 g/mol. The number of carbonyl (C=O) groups is 4. The van der Waals surface area contributed by atoms with Gasteiger partial charge < -0.3 is 25.3 Å². The molecule has 0 aliphatic rings. The van der Waals surface area contributed by atoms with Crippen LogP contribution in [0.2, 0.25) is 0 Å². The summed E-state index contributed by atoms with van der Waals surface area (Å²) in [5.74, 6) is -5.60. The summed E-state index contributed by atoms with van der Waals surface area (Å²) in [6.45, 7) is 0. The van der Waals surface area contributed by atoms with Crippen molar-refractivity contribution < 1.29 is 82.3 Å². The zero-order valence-electron chi connectivity index (χ0n) is 10.4. The smallest absolute Gasteiger partial charge is 0.832 e. The summed E-state index contributed by atoms with van der Waals surface area (Å²) >= 11 is 0. The van der Waals surface area contributed by atoms with E-state index in [1.165, 1.54) is 0 Å². The first-order valence-corrected chi connectivity index (χ1v) is 4.15. The van der Waals surface area contributed by atoms with Crippen molar-refractivity contribution in [2.45, 2.75) is 12.8 Å². The van der Waals surface area contributed by atoms with Crippen molar-refractivity contribution >= 4 is 31.2 Å². The van der Waals surface area contributed by atoms with Crippen LogP contribution in [0.25, 0.3) is 0 Å². The van der Waals surface area contributed by atoms with Gasteiger partial charge >= 0.3 is 50.1 Å². The van der Waals surface area contributed by atoms with Crippen molar-refractivity contribution in [3.8, 4) is 0 Å². The minimum Gasteiger partial charge on any atom is -0.832 e. The van der Waals surface area contributed by atoms with Gasteiger partial charge in [-0.1, -0.05) is 0 Å². The van der Waals surface area contributed by atoms with Crippen LogP contribution in [0.1, 0.15) is 12.8 Å². The van der Waals surface area contributed by atoms with Gasteiger partial charge in [-0.3, -0.25) is 19.5 Å². The molecule has 0 saturated carbocycles. The fourth-order valence-electron chi connectivity index (χ4n) is 0.302. The number of aliphatic carboxylic acids is 2. The quantitative estimate of drug-likeness (QED) is 0.285. The molecule has 0 bridgehead atoms. The summed E-state index contributed by atoms with van der Waals surface area (Å²) in [6.07, 6.45) is -1.87. The molecule has 0 spiro atoms. The van der Waals surface area contributed by atoms with Crippen molar-refractivity contribution in [3.63, 3.8) is 0 Å². The largest absolute Gasteiger partial charge is 1.00 e. The summed E-state index contributed by atoms with van der Waals surface area (Å²) in [5.41, 5.74) is 0. The third kappa shape index (κ3) is 45.8. The Bertz CT molecular complexity index is 295. The Morgan fingerprint density at radius 2 is 1.10 bits per heavy atom. The van der Waals surface area contributed by atoms with E-state index in [-0.39, 0.29) is 18.9 Å². The van der Waals surface area contributed by atoms with Crippen molar-refractivity contribution in [1.82, 2.24) is 0 Å². The number of hydrogen-bond acceptors (Lipinski definition) is 9. The Hall–Kier alpha value is -1.72. The van der Waals surface area contributed by atoms with Gasteiger partial charge in [-0.2, -0.15) is 0 Å². The number of carboxylic acid groups (broad SMARTS) is 2. The number of carboxylic acids is 2. The standard InChI is InChI=1S/2C3H3FO4.BH2O3.Li/c2*4-8-3(7)1-2(5)6;2-1(3)4;/h2*1H2,(H,5,6);2-3H;/q;;-1;+1. The number of hydrogen-bond donors (Lipinski definition) is 4. The van der Waals surface area contributed by atoms with E-state index < -0.39 is 44.0 Å². The molecule has 11 nitrogen and oxygen atoms in total. The Morgan fingerprint density at radius 1 is 0.905 bits per heavy atom. The molecule has 0 aromatic heterocycles. The SMILES string of the molecule is O=C(O)CC(=O)OF.O=C(O)CC(=O)OF.[Li+].[O-]B(O)O. The van der Waals surface area contributed by atoms with Crippen LogP contribution in [0.15, 0.2) is 0 Å². The van der Waals surface area contributed by atoms with E-state index in [2.05, 4.69) is 9.88 Å². The molecule has 0 atom stereocenters. The molecule has 0 amide bonds. The third-order valence-electron chi connectivity index (χ3n) is 0.763. The van der Waals surface area contributed by atoms with Gasteiger partial charge in [0.2, 0.25) is 0 Å². The van der Waals surface area contributed by atoms with Crippen molar-refractivity contribution in [2.24, 2.45) is 0 Å². The summed E-state index contributed by atoms with van der Waals surface area (Å²) < 4.78 is 21.3. The van der Waals surface area contributed by atoms with Crippen LogP contribution in [-0.2, 0) is 29.1 Å². The van der Waals surface area contributed by atoms with Gasteiger partial charge in [0.05, 0.1) is 0 Å². The van der Waals surface area contributed by atoms with Crippen LogP contribution < -0.4 is 23.9 Å². The van der Waals surface area contributed by atoms with Crippen molar-refractivity contribution in [2.75, 3.05) is 0 Å². The van der Waals surface area contributed by atoms with Gasteiger partial charge in [0.1, 0.15) is 12.8 Å². The molecule has 0 radical (unpaired) electrons. The number of halogens is 2. The molecule has 0 unspecified atom stereocenters. The second-order valence-electron chi connectivity index (χ2n) is 2.37. The van der Waals surface area contributed by atoms with E-state index >= 15 is 0 Å². The molecule has 0 rings (SSSR count). The van der Waals surface area contributed by atoms with Crippen LogP contribution >= 0.6 is 0 Å².